The van der Waals surface area contributed by atoms with E-state index in [9.17, 15) is 4.79 Å². The van der Waals surface area contributed by atoms with Crippen LogP contribution in [0.3, 0.4) is 0 Å². The maximum atomic E-state index is 11.5. The van der Waals surface area contributed by atoms with Crippen molar-refractivity contribution in [3.05, 3.63) is 35.4 Å². The van der Waals surface area contributed by atoms with E-state index in [0.717, 1.165) is 6.42 Å². The summed E-state index contributed by atoms with van der Waals surface area (Å²) in [6, 6.07) is 8.42. The Hall–Kier alpha value is -0.830. The molecule has 3 heteroatoms. The van der Waals surface area contributed by atoms with E-state index in [4.69, 9.17) is 0 Å². The third-order valence-corrected chi connectivity index (χ3v) is 2.95. The van der Waals surface area contributed by atoms with Gasteiger partial charge in [0.15, 0.2) is 0 Å². The average Bonchev–Trinajstić information content (AvgIpc) is 2.21. The Bertz CT molecular complexity index is 363. The van der Waals surface area contributed by atoms with Crippen molar-refractivity contribution in [2.24, 2.45) is 0 Å². The SMILES string of the molecule is Cc1ccccc1CC(C)NC(=O)C(C)Br. The van der Waals surface area contributed by atoms with Gasteiger partial charge in [-0.15, -0.1) is 0 Å². The molecule has 0 saturated heterocycles. The number of hydrogen-bond acceptors (Lipinski definition) is 1. The summed E-state index contributed by atoms with van der Waals surface area (Å²) in [7, 11) is 0. The fourth-order valence-corrected chi connectivity index (χ4v) is 1.71. The first-order chi connectivity index (χ1) is 7.50. The number of amides is 1. The largest absolute Gasteiger partial charge is 0.352 e. The highest BCUT2D eigenvalue weighted by molar-refractivity contribution is 9.10. The number of rotatable bonds is 4. The number of carbonyl (C=O) groups is 1. The molecule has 0 aromatic heterocycles. The zero-order chi connectivity index (χ0) is 12.1. The summed E-state index contributed by atoms with van der Waals surface area (Å²) >= 11 is 3.26. The van der Waals surface area contributed by atoms with Gasteiger partial charge >= 0.3 is 0 Å². The van der Waals surface area contributed by atoms with Crippen LogP contribution in [0.5, 0.6) is 0 Å². The summed E-state index contributed by atoms with van der Waals surface area (Å²) in [6.45, 7) is 5.95. The van der Waals surface area contributed by atoms with Crippen molar-refractivity contribution in [3.8, 4) is 0 Å². The molecular weight excluding hydrogens is 266 g/mol. The Morgan fingerprint density at radius 2 is 2.00 bits per heavy atom. The molecule has 1 amide bonds. The number of nitrogens with one attached hydrogen (secondary N) is 1. The van der Waals surface area contributed by atoms with E-state index < -0.39 is 0 Å². The van der Waals surface area contributed by atoms with Crippen molar-refractivity contribution in [1.29, 1.82) is 0 Å². The number of benzene rings is 1. The molecule has 0 aliphatic carbocycles. The zero-order valence-electron chi connectivity index (χ0n) is 9.96. The van der Waals surface area contributed by atoms with Crippen molar-refractivity contribution >= 4 is 21.8 Å². The van der Waals surface area contributed by atoms with E-state index in [-0.39, 0.29) is 16.8 Å². The van der Waals surface area contributed by atoms with Crippen LogP contribution >= 0.6 is 15.9 Å². The van der Waals surface area contributed by atoms with Crippen LogP contribution < -0.4 is 5.32 Å². The first kappa shape index (κ1) is 13.2. The maximum absolute atomic E-state index is 11.5. The maximum Gasteiger partial charge on any atom is 0.233 e. The van der Waals surface area contributed by atoms with Gasteiger partial charge in [-0.25, -0.2) is 0 Å². The molecule has 0 heterocycles. The van der Waals surface area contributed by atoms with Crippen molar-refractivity contribution in [2.45, 2.75) is 38.1 Å². The molecule has 0 aliphatic heterocycles. The molecule has 0 fully saturated rings. The van der Waals surface area contributed by atoms with Gasteiger partial charge in [0.2, 0.25) is 5.91 Å². The van der Waals surface area contributed by atoms with E-state index in [1.165, 1.54) is 11.1 Å². The smallest absolute Gasteiger partial charge is 0.233 e. The minimum atomic E-state index is -0.133. The second-order valence-corrected chi connectivity index (χ2v) is 5.53. The summed E-state index contributed by atoms with van der Waals surface area (Å²) in [4.78, 5) is 11.3. The van der Waals surface area contributed by atoms with E-state index in [2.05, 4.69) is 40.3 Å². The summed E-state index contributed by atoms with van der Waals surface area (Å²) in [5.41, 5.74) is 2.56. The standard InChI is InChI=1S/C13H18BrNO/c1-9-6-4-5-7-12(9)8-10(2)15-13(16)11(3)14/h4-7,10-11H,8H2,1-3H3,(H,15,16). The predicted molar refractivity (Wildman–Crippen MR) is 70.9 cm³/mol. The molecule has 1 aromatic rings. The van der Waals surface area contributed by atoms with Crippen molar-refractivity contribution in [2.75, 3.05) is 0 Å². The van der Waals surface area contributed by atoms with Crippen LogP contribution in [0, 0.1) is 6.92 Å². The first-order valence-electron chi connectivity index (χ1n) is 5.49. The molecular formula is C13H18BrNO. The number of aryl methyl sites for hydroxylation is 1. The van der Waals surface area contributed by atoms with Gasteiger partial charge < -0.3 is 5.32 Å². The van der Waals surface area contributed by atoms with Gasteiger partial charge in [0, 0.05) is 6.04 Å². The molecule has 1 N–H and O–H groups in total. The van der Waals surface area contributed by atoms with Gasteiger partial charge in [-0.1, -0.05) is 40.2 Å². The van der Waals surface area contributed by atoms with E-state index >= 15 is 0 Å². The van der Waals surface area contributed by atoms with E-state index in [0.29, 0.717) is 0 Å². The Labute approximate surface area is 106 Å². The number of hydrogen-bond donors (Lipinski definition) is 1. The Kier molecular flexibility index (Phi) is 5.00. The molecule has 0 saturated carbocycles. The molecule has 0 radical (unpaired) electrons. The third kappa shape index (κ3) is 3.97. The van der Waals surface area contributed by atoms with Gasteiger partial charge in [0.1, 0.15) is 0 Å². The Morgan fingerprint density at radius 1 is 1.38 bits per heavy atom. The van der Waals surface area contributed by atoms with Gasteiger partial charge in [-0.05, 0) is 38.3 Å². The van der Waals surface area contributed by atoms with Crippen LogP contribution in [-0.4, -0.2) is 16.8 Å². The fourth-order valence-electron chi connectivity index (χ4n) is 1.58. The quantitative estimate of drug-likeness (QED) is 0.846. The lowest BCUT2D eigenvalue weighted by Crippen LogP contribution is -2.37. The van der Waals surface area contributed by atoms with E-state index in [1.54, 1.807) is 0 Å². The lowest BCUT2D eigenvalue weighted by molar-refractivity contribution is -0.120. The first-order valence-corrected chi connectivity index (χ1v) is 6.41. The topological polar surface area (TPSA) is 29.1 Å². The monoisotopic (exact) mass is 283 g/mol. The van der Waals surface area contributed by atoms with Crippen LogP contribution in [0.4, 0.5) is 0 Å². The molecule has 1 rings (SSSR count). The lowest BCUT2D eigenvalue weighted by Gasteiger charge is -2.16. The lowest BCUT2D eigenvalue weighted by atomic mass is 10.0. The highest BCUT2D eigenvalue weighted by atomic mass is 79.9. The number of carbonyl (C=O) groups excluding carboxylic acids is 1. The molecule has 2 unspecified atom stereocenters. The van der Waals surface area contributed by atoms with Crippen LogP contribution in [0.25, 0.3) is 0 Å². The van der Waals surface area contributed by atoms with Crippen molar-refractivity contribution < 1.29 is 4.79 Å². The summed E-state index contributed by atoms with van der Waals surface area (Å²) in [6.07, 6.45) is 0.873. The average molecular weight is 284 g/mol. The van der Waals surface area contributed by atoms with E-state index in [1.807, 2.05) is 26.0 Å². The van der Waals surface area contributed by atoms with Crippen molar-refractivity contribution in [1.82, 2.24) is 5.32 Å². The highest BCUT2D eigenvalue weighted by Crippen LogP contribution is 2.10. The van der Waals surface area contributed by atoms with Crippen LogP contribution in [0.15, 0.2) is 24.3 Å². The summed E-state index contributed by atoms with van der Waals surface area (Å²) < 4.78 is 0. The zero-order valence-corrected chi connectivity index (χ0v) is 11.5. The van der Waals surface area contributed by atoms with Crippen LogP contribution in [0.1, 0.15) is 25.0 Å². The van der Waals surface area contributed by atoms with Crippen LogP contribution in [0.2, 0.25) is 0 Å². The molecule has 88 valence electrons. The second kappa shape index (κ2) is 6.04. The van der Waals surface area contributed by atoms with Gasteiger partial charge in [-0.2, -0.15) is 0 Å². The Balaban J connectivity index is 2.55. The number of alkyl halides is 1. The minimum absolute atomic E-state index is 0.0427. The normalized spacial score (nSPS) is 14.2. The molecule has 16 heavy (non-hydrogen) atoms. The van der Waals surface area contributed by atoms with Gasteiger partial charge in [0.05, 0.1) is 4.83 Å². The van der Waals surface area contributed by atoms with Crippen molar-refractivity contribution in [3.63, 3.8) is 0 Å². The summed E-state index contributed by atoms with van der Waals surface area (Å²) in [5, 5.41) is 2.97. The molecule has 2 nitrogen and oxygen atoms in total. The van der Waals surface area contributed by atoms with Gasteiger partial charge in [0.25, 0.3) is 0 Å². The fraction of sp³-hybridized carbons (Fsp3) is 0.462. The summed E-state index contributed by atoms with van der Waals surface area (Å²) in [5.74, 6) is 0.0427. The molecule has 2 atom stereocenters. The third-order valence-electron chi connectivity index (χ3n) is 2.54. The second-order valence-electron chi connectivity index (χ2n) is 4.16. The molecule has 0 spiro atoms. The molecule has 0 aliphatic rings. The highest BCUT2D eigenvalue weighted by Gasteiger charge is 2.12. The molecule has 0 bridgehead atoms. The molecule has 1 aromatic carbocycles. The van der Waals surface area contributed by atoms with Gasteiger partial charge in [-0.3, -0.25) is 4.79 Å². The Morgan fingerprint density at radius 3 is 2.56 bits per heavy atom. The van der Waals surface area contributed by atoms with Crippen LogP contribution in [-0.2, 0) is 11.2 Å². The number of halogens is 1. The predicted octanol–water partition coefficient (Wildman–Crippen LogP) is 2.83. The minimum Gasteiger partial charge on any atom is -0.352 e.